The number of hydrogen-bond donors (Lipinski definition) is 1. The molecule has 0 aliphatic carbocycles. The third-order valence-corrected chi connectivity index (χ3v) is 3.52. The second-order valence-corrected chi connectivity index (χ2v) is 5.00. The summed E-state index contributed by atoms with van der Waals surface area (Å²) < 4.78 is 39.8. The van der Waals surface area contributed by atoms with Crippen molar-refractivity contribution < 1.29 is 13.2 Å². The number of anilines is 1. The molecule has 106 valence electrons. The lowest BCUT2D eigenvalue weighted by atomic mass is 10.0. The zero-order valence-corrected chi connectivity index (χ0v) is 10.9. The van der Waals surface area contributed by atoms with E-state index in [9.17, 15) is 13.2 Å². The number of hydrogen-bond acceptors (Lipinski definition) is 2. The van der Waals surface area contributed by atoms with Gasteiger partial charge >= 0.3 is 6.18 Å². The van der Waals surface area contributed by atoms with Crippen LogP contribution in [0.15, 0.2) is 30.5 Å². The smallest absolute Gasteiger partial charge is 0.356 e. The third-order valence-electron chi connectivity index (χ3n) is 3.52. The summed E-state index contributed by atoms with van der Waals surface area (Å²) in [5.41, 5.74) is 1.29. The van der Waals surface area contributed by atoms with Gasteiger partial charge < -0.3 is 9.88 Å². The quantitative estimate of drug-likeness (QED) is 0.865. The molecule has 1 aliphatic heterocycles. The van der Waals surface area contributed by atoms with Crippen molar-refractivity contribution in [2.45, 2.75) is 25.6 Å². The largest absolute Gasteiger partial charge is 0.434 e. The maximum absolute atomic E-state index is 12.8. The van der Waals surface area contributed by atoms with Crippen LogP contribution in [0.5, 0.6) is 0 Å². The Morgan fingerprint density at radius 1 is 1.25 bits per heavy atom. The minimum Gasteiger partial charge on any atom is -0.356 e. The topological polar surface area (TPSA) is 29.9 Å². The molecule has 20 heavy (non-hydrogen) atoms. The lowest BCUT2D eigenvalue weighted by Crippen LogP contribution is -2.23. The Morgan fingerprint density at radius 2 is 1.95 bits per heavy atom. The van der Waals surface area contributed by atoms with Gasteiger partial charge in [-0.25, -0.2) is 4.98 Å². The highest BCUT2D eigenvalue weighted by atomic mass is 19.4. The van der Waals surface area contributed by atoms with Crippen LogP contribution in [0.25, 0.3) is 0 Å². The summed E-state index contributed by atoms with van der Waals surface area (Å²) in [6, 6.07) is 7.76. The standard InChI is InChI=1S/C14H14F3N3/c1-9-2-4-10(5-3-9)11-6-7-18-13-19-12(8-20(11)13)14(15,16)17/h2-5,8,11H,6-7H2,1H3,(H,18,19). The fraction of sp³-hybridized carbons (Fsp3) is 0.357. The number of alkyl halides is 3. The zero-order valence-electron chi connectivity index (χ0n) is 10.9. The third kappa shape index (κ3) is 2.26. The summed E-state index contributed by atoms with van der Waals surface area (Å²) in [7, 11) is 0. The molecule has 3 rings (SSSR count). The van der Waals surface area contributed by atoms with Gasteiger partial charge in [-0.3, -0.25) is 0 Å². The first-order valence-corrected chi connectivity index (χ1v) is 6.41. The first-order chi connectivity index (χ1) is 9.45. The Labute approximate surface area is 114 Å². The van der Waals surface area contributed by atoms with Crippen molar-refractivity contribution in [3.63, 3.8) is 0 Å². The first kappa shape index (κ1) is 13.0. The van der Waals surface area contributed by atoms with Gasteiger partial charge in [0.2, 0.25) is 5.95 Å². The molecular formula is C14H14F3N3. The molecule has 1 aromatic carbocycles. The Morgan fingerprint density at radius 3 is 2.60 bits per heavy atom. The van der Waals surface area contributed by atoms with E-state index in [1.807, 2.05) is 31.2 Å². The number of rotatable bonds is 1. The van der Waals surface area contributed by atoms with Gasteiger partial charge in [0.15, 0.2) is 5.69 Å². The van der Waals surface area contributed by atoms with Crippen molar-refractivity contribution in [2.24, 2.45) is 0 Å². The van der Waals surface area contributed by atoms with E-state index in [1.54, 1.807) is 4.57 Å². The summed E-state index contributed by atoms with van der Waals surface area (Å²) in [6.07, 6.45) is -2.58. The van der Waals surface area contributed by atoms with E-state index in [-0.39, 0.29) is 12.0 Å². The number of aryl methyl sites for hydroxylation is 1. The summed E-state index contributed by atoms with van der Waals surface area (Å²) in [5.74, 6) is 0.286. The van der Waals surface area contributed by atoms with Gasteiger partial charge in [-0.05, 0) is 18.9 Å². The minimum absolute atomic E-state index is 0.101. The van der Waals surface area contributed by atoms with Gasteiger partial charge in [-0.1, -0.05) is 29.8 Å². The van der Waals surface area contributed by atoms with Gasteiger partial charge in [-0.15, -0.1) is 0 Å². The maximum Gasteiger partial charge on any atom is 0.434 e. The van der Waals surface area contributed by atoms with Crippen molar-refractivity contribution in [1.29, 1.82) is 0 Å². The lowest BCUT2D eigenvalue weighted by molar-refractivity contribution is -0.140. The summed E-state index contributed by atoms with van der Waals surface area (Å²) in [4.78, 5) is 3.64. The van der Waals surface area contributed by atoms with Crippen LogP contribution in [0.4, 0.5) is 19.1 Å². The molecule has 1 aliphatic rings. The Kier molecular flexibility index (Phi) is 2.96. The predicted octanol–water partition coefficient (Wildman–Crippen LogP) is 3.62. The maximum atomic E-state index is 12.8. The molecule has 0 radical (unpaired) electrons. The van der Waals surface area contributed by atoms with Crippen LogP contribution in [-0.4, -0.2) is 16.1 Å². The zero-order chi connectivity index (χ0) is 14.3. The average molecular weight is 281 g/mol. The molecule has 1 N–H and O–H groups in total. The summed E-state index contributed by atoms with van der Waals surface area (Å²) >= 11 is 0. The monoisotopic (exact) mass is 281 g/mol. The molecule has 0 amide bonds. The van der Waals surface area contributed by atoms with Crippen LogP contribution in [0.1, 0.15) is 29.3 Å². The molecule has 3 nitrogen and oxygen atoms in total. The van der Waals surface area contributed by atoms with E-state index in [0.717, 1.165) is 23.7 Å². The second kappa shape index (κ2) is 4.54. The van der Waals surface area contributed by atoms with E-state index in [1.165, 1.54) is 0 Å². The van der Waals surface area contributed by atoms with Gasteiger partial charge in [0.1, 0.15) is 0 Å². The van der Waals surface area contributed by atoms with Crippen molar-refractivity contribution in [2.75, 3.05) is 11.9 Å². The van der Waals surface area contributed by atoms with Crippen LogP contribution >= 0.6 is 0 Å². The predicted molar refractivity (Wildman–Crippen MR) is 69.7 cm³/mol. The van der Waals surface area contributed by atoms with E-state index in [2.05, 4.69) is 10.3 Å². The molecule has 1 atom stereocenters. The molecule has 0 saturated heterocycles. The van der Waals surface area contributed by atoms with Crippen molar-refractivity contribution in [1.82, 2.24) is 9.55 Å². The number of benzene rings is 1. The van der Waals surface area contributed by atoms with E-state index in [4.69, 9.17) is 0 Å². The normalized spacial score (nSPS) is 18.5. The number of fused-ring (bicyclic) bond motifs is 1. The molecule has 1 aromatic heterocycles. The van der Waals surface area contributed by atoms with Gasteiger partial charge in [-0.2, -0.15) is 13.2 Å². The number of nitrogens with one attached hydrogen (secondary N) is 1. The average Bonchev–Trinajstić information content (AvgIpc) is 2.83. The summed E-state index contributed by atoms with van der Waals surface area (Å²) in [5, 5.41) is 2.92. The van der Waals surface area contributed by atoms with Crippen LogP contribution in [0.3, 0.4) is 0 Å². The molecule has 0 bridgehead atoms. The van der Waals surface area contributed by atoms with Crippen LogP contribution in [0, 0.1) is 6.92 Å². The Balaban J connectivity index is 2.01. The molecule has 1 unspecified atom stereocenters. The molecule has 2 heterocycles. The fourth-order valence-electron chi connectivity index (χ4n) is 2.47. The first-order valence-electron chi connectivity index (χ1n) is 6.41. The number of nitrogens with zero attached hydrogens (tertiary/aromatic N) is 2. The molecule has 2 aromatic rings. The highest BCUT2D eigenvalue weighted by Crippen LogP contribution is 2.35. The van der Waals surface area contributed by atoms with Gasteiger partial charge in [0.25, 0.3) is 0 Å². The molecule has 0 spiro atoms. The van der Waals surface area contributed by atoms with Crippen LogP contribution in [0.2, 0.25) is 0 Å². The second-order valence-electron chi connectivity index (χ2n) is 5.00. The van der Waals surface area contributed by atoms with Crippen molar-refractivity contribution in [3.8, 4) is 0 Å². The fourth-order valence-corrected chi connectivity index (χ4v) is 2.47. The number of halogens is 3. The number of aromatic nitrogens is 2. The number of imidazole rings is 1. The van der Waals surface area contributed by atoms with Crippen LogP contribution in [-0.2, 0) is 6.18 Å². The highest BCUT2D eigenvalue weighted by molar-refractivity contribution is 5.37. The summed E-state index contributed by atoms with van der Waals surface area (Å²) in [6.45, 7) is 2.60. The molecule has 0 fully saturated rings. The minimum atomic E-state index is -4.41. The molecular weight excluding hydrogens is 267 g/mol. The van der Waals surface area contributed by atoms with Crippen LogP contribution < -0.4 is 5.32 Å². The molecule has 0 saturated carbocycles. The Bertz CT molecular complexity index is 614. The van der Waals surface area contributed by atoms with Crippen molar-refractivity contribution >= 4 is 5.95 Å². The Hall–Kier alpha value is -1.98. The van der Waals surface area contributed by atoms with E-state index >= 15 is 0 Å². The lowest BCUT2D eigenvalue weighted by Gasteiger charge is -2.26. The highest BCUT2D eigenvalue weighted by Gasteiger charge is 2.36. The van der Waals surface area contributed by atoms with Gasteiger partial charge in [0, 0.05) is 12.7 Å². The molecule has 6 heteroatoms. The van der Waals surface area contributed by atoms with E-state index < -0.39 is 11.9 Å². The van der Waals surface area contributed by atoms with Gasteiger partial charge in [0.05, 0.1) is 6.04 Å². The van der Waals surface area contributed by atoms with Crippen molar-refractivity contribution in [3.05, 3.63) is 47.3 Å². The van der Waals surface area contributed by atoms with E-state index in [0.29, 0.717) is 6.54 Å². The SMILES string of the molecule is Cc1ccc(C2CCNc3nc(C(F)(F)F)cn32)cc1.